The van der Waals surface area contributed by atoms with Crippen molar-refractivity contribution in [3.05, 3.63) is 35.6 Å². The number of benzene rings is 1. The van der Waals surface area contributed by atoms with E-state index in [0.29, 0.717) is 0 Å². The molecule has 6 heteroatoms. The van der Waals surface area contributed by atoms with Crippen molar-refractivity contribution in [3.63, 3.8) is 0 Å². The number of rotatable bonds is 5. The maximum Gasteiger partial charge on any atom is 0.318 e. The first kappa shape index (κ1) is 12.8. The second kappa shape index (κ2) is 5.20. The molecule has 1 aromatic carbocycles. The summed E-state index contributed by atoms with van der Waals surface area (Å²) < 4.78 is 13.2. The average molecular weight is 240 g/mol. The first-order chi connectivity index (χ1) is 7.93. The molecule has 0 aliphatic heterocycles. The average Bonchev–Trinajstić information content (AvgIpc) is 2.25. The maximum atomic E-state index is 13.2. The Morgan fingerprint density at radius 2 is 1.65 bits per heavy atom. The third kappa shape index (κ3) is 3.10. The number of hydrogen-bond donors (Lipinski definition) is 2. The fourth-order valence-corrected chi connectivity index (χ4v) is 1.26. The number of Topliss-reactive ketones (excluding diaryl/α,β-unsaturated/α-hetero) is 1. The van der Waals surface area contributed by atoms with Gasteiger partial charge in [0.05, 0.1) is 5.56 Å². The Balaban J connectivity index is 2.89. The molecule has 0 spiro atoms. The zero-order valence-corrected chi connectivity index (χ0v) is 8.59. The lowest BCUT2D eigenvalue weighted by Gasteiger charge is -2.06. The van der Waals surface area contributed by atoms with Gasteiger partial charge in [-0.25, -0.2) is 4.39 Å². The van der Waals surface area contributed by atoms with Crippen LogP contribution in [0.25, 0.3) is 0 Å². The Morgan fingerprint density at radius 3 is 2.12 bits per heavy atom. The first-order valence-corrected chi connectivity index (χ1v) is 4.67. The van der Waals surface area contributed by atoms with Gasteiger partial charge in [-0.15, -0.1) is 0 Å². The van der Waals surface area contributed by atoms with Crippen LogP contribution in [0.2, 0.25) is 0 Å². The summed E-state index contributed by atoms with van der Waals surface area (Å²) in [6, 6.07) is 5.01. The van der Waals surface area contributed by atoms with Gasteiger partial charge in [0.25, 0.3) is 0 Å². The van der Waals surface area contributed by atoms with E-state index < -0.39 is 35.9 Å². The van der Waals surface area contributed by atoms with Gasteiger partial charge in [-0.2, -0.15) is 0 Å². The Kier molecular flexibility index (Phi) is 3.92. The van der Waals surface area contributed by atoms with Crippen LogP contribution in [-0.2, 0) is 9.59 Å². The minimum Gasteiger partial charge on any atom is -0.481 e. The summed E-state index contributed by atoms with van der Waals surface area (Å²) in [6.07, 6.45) is -0.772. The molecule has 1 rings (SSSR count). The van der Waals surface area contributed by atoms with E-state index in [1.165, 1.54) is 18.2 Å². The molecule has 0 amide bonds. The number of carbonyl (C=O) groups is 3. The zero-order chi connectivity index (χ0) is 13.0. The molecule has 0 aliphatic rings. The molecule has 0 bridgehead atoms. The van der Waals surface area contributed by atoms with E-state index >= 15 is 0 Å². The van der Waals surface area contributed by atoms with Crippen LogP contribution in [0.4, 0.5) is 4.39 Å². The van der Waals surface area contributed by atoms with Gasteiger partial charge in [-0.05, 0) is 12.1 Å². The van der Waals surface area contributed by atoms with Gasteiger partial charge in [0, 0.05) is 6.42 Å². The van der Waals surface area contributed by atoms with Gasteiger partial charge in [0.2, 0.25) is 0 Å². The first-order valence-electron chi connectivity index (χ1n) is 4.67. The largest absolute Gasteiger partial charge is 0.481 e. The third-order valence-corrected chi connectivity index (χ3v) is 2.16. The summed E-state index contributed by atoms with van der Waals surface area (Å²) in [5.41, 5.74) is -0.306. The van der Waals surface area contributed by atoms with Gasteiger partial charge in [0.15, 0.2) is 11.7 Å². The molecule has 0 fully saturated rings. The van der Waals surface area contributed by atoms with Crippen LogP contribution in [-0.4, -0.2) is 27.9 Å². The molecule has 0 aromatic heterocycles. The molecule has 0 aliphatic carbocycles. The SMILES string of the molecule is O=C(CC(C(=O)O)C(=O)O)c1ccccc1F. The standard InChI is InChI=1S/C11H9FO5/c12-8-4-2-1-3-6(8)9(13)5-7(10(14)15)11(16)17/h1-4,7H,5H2,(H,14,15)(H,16,17). The van der Waals surface area contributed by atoms with Gasteiger partial charge >= 0.3 is 11.9 Å². The predicted molar refractivity (Wildman–Crippen MR) is 54.1 cm³/mol. The third-order valence-electron chi connectivity index (χ3n) is 2.16. The number of carbonyl (C=O) groups excluding carboxylic acids is 1. The molecule has 90 valence electrons. The van der Waals surface area contributed by atoms with Gasteiger partial charge in [-0.1, -0.05) is 12.1 Å². The minimum absolute atomic E-state index is 0.306. The number of ketones is 1. The molecule has 5 nitrogen and oxygen atoms in total. The van der Waals surface area contributed by atoms with Gasteiger partial charge in [-0.3, -0.25) is 14.4 Å². The second-order valence-corrected chi connectivity index (χ2v) is 3.34. The van der Waals surface area contributed by atoms with Crippen LogP contribution >= 0.6 is 0 Å². The van der Waals surface area contributed by atoms with Crippen molar-refractivity contribution in [2.75, 3.05) is 0 Å². The predicted octanol–water partition coefficient (Wildman–Crippen LogP) is 1.18. The maximum absolute atomic E-state index is 13.2. The van der Waals surface area contributed by atoms with Crippen molar-refractivity contribution in [1.29, 1.82) is 0 Å². The van der Waals surface area contributed by atoms with E-state index in [9.17, 15) is 18.8 Å². The molecule has 0 heterocycles. The summed E-state index contributed by atoms with van der Waals surface area (Å²) in [6.45, 7) is 0. The highest BCUT2D eigenvalue weighted by Gasteiger charge is 2.29. The van der Waals surface area contributed by atoms with Crippen molar-refractivity contribution < 1.29 is 29.0 Å². The Labute approximate surface area is 95.5 Å². The molecule has 0 saturated carbocycles. The molecule has 0 saturated heterocycles. The quantitative estimate of drug-likeness (QED) is 0.595. The van der Waals surface area contributed by atoms with E-state index in [1.807, 2.05) is 0 Å². The van der Waals surface area contributed by atoms with Crippen molar-refractivity contribution in [1.82, 2.24) is 0 Å². The summed E-state index contributed by atoms with van der Waals surface area (Å²) in [4.78, 5) is 32.6. The molecule has 0 radical (unpaired) electrons. The van der Waals surface area contributed by atoms with E-state index in [1.54, 1.807) is 0 Å². The number of hydrogen-bond acceptors (Lipinski definition) is 3. The van der Waals surface area contributed by atoms with Crippen molar-refractivity contribution in [2.45, 2.75) is 6.42 Å². The lowest BCUT2D eigenvalue weighted by molar-refractivity contribution is -0.154. The lowest BCUT2D eigenvalue weighted by Crippen LogP contribution is -2.26. The molecule has 0 atom stereocenters. The number of aliphatic carboxylic acids is 2. The molecule has 0 unspecified atom stereocenters. The van der Waals surface area contributed by atoms with Crippen LogP contribution in [0.15, 0.2) is 24.3 Å². The lowest BCUT2D eigenvalue weighted by atomic mass is 9.98. The van der Waals surface area contributed by atoms with Gasteiger partial charge in [0.1, 0.15) is 5.82 Å². The molecular weight excluding hydrogens is 231 g/mol. The van der Waals surface area contributed by atoms with E-state index in [0.717, 1.165) is 6.07 Å². The normalized spacial score (nSPS) is 10.2. The molecule has 1 aromatic rings. The topological polar surface area (TPSA) is 91.7 Å². The zero-order valence-electron chi connectivity index (χ0n) is 8.59. The fraction of sp³-hybridized carbons (Fsp3) is 0.182. The second-order valence-electron chi connectivity index (χ2n) is 3.34. The van der Waals surface area contributed by atoms with E-state index in [-0.39, 0.29) is 5.56 Å². The number of halogens is 1. The van der Waals surface area contributed by atoms with Gasteiger partial charge < -0.3 is 10.2 Å². The molecule has 2 N–H and O–H groups in total. The summed E-state index contributed by atoms with van der Waals surface area (Å²) in [5.74, 6) is -6.75. The minimum atomic E-state index is -1.86. The van der Waals surface area contributed by atoms with Crippen LogP contribution in [0.3, 0.4) is 0 Å². The molecular formula is C11H9FO5. The highest BCUT2D eigenvalue weighted by molar-refractivity contribution is 6.03. The molecule has 17 heavy (non-hydrogen) atoms. The number of carboxylic acids is 2. The van der Waals surface area contributed by atoms with Crippen molar-refractivity contribution in [2.24, 2.45) is 5.92 Å². The van der Waals surface area contributed by atoms with Crippen LogP contribution in [0.1, 0.15) is 16.8 Å². The van der Waals surface area contributed by atoms with Crippen molar-refractivity contribution in [3.8, 4) is 0 Å². The highest BCUT2D eigenvalue weighted by Crippen LogP contribution is 2.14. The van der Waals surface area contributed by atoms with E-state index in [2.05, 4.69) is 0 Å². The van der Waals surface area contributed by atoms with Crippen LogP contribution in [0, 0.1) is 11.7 Å². The van der Waals surface area contributed by atoms with Crippen LogP contribution in [0.5, 0.6) is 0 Å². The van der Waals surface area contributed by atoms with Crippen molar-refractivity contribution >= 4 is 17.7 Å². The fourth-order valence-electron chi connectivity index (χ4n) is 1.26. The van der Waals surface area contributed by atoms with E-state index in [4.69, 9.17) is 10.2 Å². The van der Waals surface area contributed by atoms with Crippen LogP contribution < -0.4 is 0 Å². The summed E-state index contributed by atoms with van der Waals surface area (Å²) >= 11 is 0. The summed E-state index contributed by atoms with van der Waals surface area (Å²) in [5, 5.41) is 17.2. The highest BCUT2D eigenvalue weighted by atomic mass is 19.1. The summed E-state index contributed by atoms with van der Waals surface area (Å²) in [7, 11) is 0. The number of carboxylic acid groups (broad SMARTS) is 2. The Bertz CT molecular complexity index is 455. The Morgan fingerprint density at radius 1 is 1.12 bits per heavy atom. The smallest absolute Gasteiger partial charge is 0.318 e. The Hall–Kier alpha value is -2.24. The monoisotopic (exact) mass is 240 g/mol.